The van der Waals surface area contributed by atoms with Gasteiger partial charge < -0.3 is 20.1 Å². The Morgan fingerprint density at radius 2 is 1.94 bits per heavy atom. The standard InChI is InChI=1S/C21H20F5N5O4/c1-10-5-13(34-19(25)26)7-28-17(10)35-20(33)29-12-3-4-15(22)14(6-12)21(18(23)24)9-31(11(2)32)8-16(27)30-21/h3-7,18-19H,8-9H2,1-2H3,(H2,27,30)(H,29,33). The van der Waals surface area contributed by atoms with Gasteiger partial charge in [0.15, 0.2) is 5.54 Å². The zero-order valence-corrected chi connectivity index (χ0v) is 18.4. The van der Waals surface area contributed by atoms with E-state index in [9.17, 15) is 31.5 Å². The van der Waals surface area contributed by atoms with Crippen molar-refractivity contribution in [1.82, 2.24) is 9.88 Å². The third kappa shape index (κ3) is 5.75. The predicted molar refractivity (Wildman–Crippen MR) is 113 cm³/mol. The van der Waals surface area contributed by atoms with E-state index in [2.05, 4.69) is 20.0 Å². The number of hydrogen-bond acceptors (Lipinski definition) is 7. The molecular formula is C21H20F5N5O4. The van der Waals surface area contributed by atoms with Gasteiger partial charge in [-0.25, -0.2) is 22.9 Å². The van der Waals surface area contributed by atoms with Crippen molar-refractivity contribution in [2.24, 2.45) is 10.7 Å². The zero-order valence-electron chi connectivity index (χ0n) is 18.4. The van der Waals surface area contributed by atoms with E-state index < -0.39 is 48.5 Å². The van der Waals surface area contributed by atoms with Crippen LogP contribution in [0.3, 0.4) is 0 Å². The van der Waals surface area contributed by atoms with Gasteiger partial charge in [-0.1, -0.05) is 0 Å². The third-order valence-corrected chi connectivity index (χ3v) is 5.03. The van der Waals surface area contributed by atoms with Gasteiger partial charge in [-0.3, -0.25) is 15.1 Å². The Morgan fingerprint density at radius 3 is 2.54 bits per heavy atom. The van der Waals surface area contributed by atoms with Gasteiger partial charge in [0.25, 0.3) is 6.43 Å². The van der Waals surface area contributed by atoms with Crippen molar-refractivity contribution in [3.8, 4) is 11.6 Å². The molecule has 1 aliphatic rings. The minimum atomic E-state index is -3.25. The summed E-state index contributed by atoms with van der Waals surface area (Å²) in [6, 6.07) is 4.03. The summed E-state index contributed by atoms with van der Waals surface area (Å²) in [5.41, 5.74) is 2.63. The first-order chi connectivity index (χ1) is 16.4. The van der Waals surface area contributed by atoms with Crippen LogP contribution in [-0.4, -0.2) is 53.8 Å². The highest BCUT2D eigenvalue weighted by molar-refractivity contribution is 5.89. The molecule has 1 aliphatic heterocycles. The van der Waals surface area contributed by atoms with E-state index in [1.165, 1.54) is 6.92 Å². The average Bonchev–Trinajstić information content (AvgIpc) is 2.76. The van der Waals surface area contributed by atoms with Gasteiger partial charge in [0, 0.05) is 23.7 Å². The lowest BCUT2D eigenvalue weighted by Crippen LogP contribution is -2.54. The molecule has 0 saturated heterocycles. The number of nitrogens with two attached hydrogens (primary N) is 1. The van der Waals surface area contributed by atoms with Gasteiger partial charge in [-0.2, -0.15) is 8.78 Å². The van der Waals surface area contributed by atoms with Crippen LogP contribution in [0.2, 0.25) is 0 Å². The molecule has 0 bridgehead atoms. The Labute approximate surface area is 195 Å². The van der Waals surface area contributed by atoms with Crippen LogP contribution in [0.5, 0.6) is 11.6 Å². The lowest BCUT2D eigenvalue weighted by Gasteiger charge is -2.39. The number of ether oxygens (including phenoxy) is 2. The molecule has 0 spiro atoms. The second kappa shape index (κ2) is 10.1. The number of anilines is 1. The molecule has 1 unspecified atom stereocenters. The number of aliphatic imine (C=N–C) groups is 1. The maximum Gasteiger partial charge on any atom is 0.418 e. The van der Waals surface area contributed by atoms with Crippen LogP contribution >= 0.6 is 0 Å². The maximum absolute atomic E-state index is 14.7. The minimum absolute atomic E-state index is 0.129. The summed E-state index contributed by atoms with van der Waals surface area (Å²) in [5, 5.41) is 2.25. The number of hydrogen-bond donors (Lipinski definition) is 2. The fourth-order valence-electron chi connectivity index (χ4n) is 3.45. The third-order valence-electron chi connectivity index (χ3n) is 5.03. The minimum Gasteiger partial charge on any atom is -0.433 e. The van der Waals surface area contributed by atoms with Crippen molar-refractivity contribution in [2.45, 2.75) is 32.4 Å². The molecule has 2 heterocycles. The summed E-state index contributed by atoms with van der Waals surface area (Å²) >= 11 is 0. The number of carbonyl (C=O) groups excluding carboxylic acids is 2. The molecule has 3 N–H and O–H groups in total. The van der Waals surface area contributed by atoms with Gasteiger partial charge in [0.2, 0.25) is 11.8 Å². The number of carbonyl (C=O) groups is 2. The normalized spacial score (nSPS) is 17.9. The number of aryl methyl sites for hydroxylation is 1. The van der Waals surface area contributed by atoms with E-state index in [1.54, 1.807) is 0 Å². The molecular weight excluding hydrogens is 481 g/mol. The number of alkyl halides is 4. The Hall–Kier alpha value is -3.97. The number of amidine groups is 1. The number of nitrogens with one attached hydrogen (secondary N) is 1. The van der Waals surface area contributed by atoms with Crippen molar-refractivity contribution in [2.75, 3.05) is 18.4 Å². The summed E-state index contributed by atoms with van der Waals surface area (Å²) < 4.78 is 77.0. The molecule has 9 nitrogen and oxygen atoms in total. The number of aromatic nitrogens is 1. The van der Waals surface area contributed by atoms with Crippen molar-refractivity contribution in [1.29, 1.82) is 0 Å². The van der Waals surface area contributed by atoms with Crippen LogP contribution in [0.4, 0.5) is 32.4 Å². The highest BCUT2D eigenvalue weighted by atomic mass is 19.3. The van der Waals surface area contributed by atoms with E-state index in [0.717, 1.165) is 42.3 Å². The number of pyridine rings is 1. The molecule has 1 aromatic carbocycles. The first-order valence-electron chi connectivity index (χ1n) is 9.99. The SMILES string of the molecule is CC(=O)N1CC(N)=NC(c2cc(NC(=O)Oc3ncc(OC(F)F)cc3C)ccc2F)(C(F)F)C1. The summed E-state index contributed by atoms with van der Waals surface area (Å²) in [6.07, 6.45) is -3.46. The van der Waals surface area contributed by atoms with E-state index in [4.69, 9.17) is 10.5 Å². The van der Waals surface area contributed by atoms with Crippen molar-refractivity contribution in [3.63, 3.8) is 0 Å². The molecule has 35 heavy (non-hydrogen) atoms. The summed E-state index contributed by atoms with van der Waals surface area (Å²) in [5.74, 6) is -2.39. The van der Waals surface area contributed by atoms with Gasteiger partial charge in [0.1, 0.15) is 17.4 Å². The number of amides is 2. The molecule has 0 saturated carbocycles. The van der Waals surface area contributed by atoms with Crippen LogP contribution in [0, 0.1) is 12.7 Å². The number of benzene rings is 1. The lowest BCUT2D eigenvalue weighted by atomic mass is 9.87. The van der Waals surface area contributed by atoms with Crippen LogP contribution in [-0.2, 0) is 10.3 Å². The highest BCUT2D eigenvalue weighted by Crippen LogP contribution is 2.38. The maximum atomic E-state index is 14.7. The second-order valence-electron chi connectivity index (χ2n) is 7.58. The molecule has 1 aromatic heterocycles. The molecule has 14 heteroatoms. The van der Waals surface area contributed by atoms with Gasteiger partial charge in [0.05, 0.1) is 19.3 Å². The summed E-state index contributed by atoms with van der Waals surface area (Å²) in [7, 11) is 0. The molecule has 3 rings (SSSR count). The van der Waals surface area contributed by atoms with Crippen molar-refractivity contribution >= 4 is 23.5 Å². The van der Waals surface area contributed by atoms with Gasteiger partial charge in [-0.05, 0) is 31.2 Å². The molecule has 0 radical (unpaired) electrons. The van der Waals surface area contributed by atoms with Crippen LogP contribution in [0.1, 0.15) is 18.1 Å². The first kappa shape index (κ1) is 25.6. The van der Waals surface area contributed by atoms with E-state index in [-0.39, 0.29) is 35.3 Å². The van der Waals surface area contributed by atoms with Gasteiger partial charge in [-0.15, -0.1) is 0 Å². The fraction of sp³-hybridized carbons (Fsp3) is 0.333. The Morgan fingerprint density at radius 1 is 1.23 bits per heavy atom. The Bertz CT molecular complexity index is 1160. The topological polar surface area (TPSA) is 119 Å². The average molecular weight is 501 g/mol. The molecule has 2 aromatic rings. The lowest BCUT2D eigenvalue weighted by molar-refractivity contribution is -0.130. The quantitative estimate of drug-likeness (QED) is 0.586. The number of nitrogens with zero attached hydrogens (tertiary/aromatic N) is 3. The Kier molecular flexibility index (Phi) is 7.41. The van der Waals surface area contributed by atoms with E-state index in [0.29, 0.717) is 0 Å². The predicted octanol–water partition coefficient (Wildman–Crippen LogP) is 3.42. The van der Waals surface area contributed by atoms with Crippen LogP contribution < -0.4 is 20.5 Å². The Balaban J connectivity index is 1.86. The largest absolute Gasteiger partial charge is 0.433 e. The monoisotopic (exact) mass is 501 g/mol. The zero-order chi connectivity index (χ0) is 25.9. The van der Waals surface area contributed by atoms with Crippen molar-refractivity contribution < 1.29 is 41.0 Å². The molecule has 2 amide bonds. The highest BCUT2D eigenvalue weighted by Gasteiger charge is 2.48. The fourth-order valence-corrected chi connectivity index (χ4v) is 3.45. The van der Waals surface area contributed by atoms with E-state index in [1.807, 2.05) is 0 Å². The van der Waals surface area contributed by atoms with Crippen molar-refractivity contribution in [3.05, 3.63) is 47.4 Å². The summed E-state index contributed by atoms with van der Waals surface area (Å²) in [6.45, 7) is -1.32. The summed E-state index contributed by atoms with van der Waals surface area (Å²) in [4.78, 5) is 32.6. The molecule has 0 fully saturated rings. The van der Waals surface area contributed by atoms with Crippen LogP contribution in [0.25, 0.3) is 0 Å². The smallest absolute Gasteiger partial charge is 0.418 e. The second-order valence-corrected chi connectivity index (χ2v) is 7.58. The molecule has 188 valence electrons. The molecule has 0 aliphatic carbocycles. The number of halogens is 5. The van der Waals surface area contributed by atoms with Crippen LogP contribution in [0.15, 0.2) is 35.5 Å². The first-order valence-corrected chi connectivity index (χ1v) is 9.99. The molecule has 1 atom stereocenters. The number of rotatable bonds is 6. The van der Waals surface area contributed by atoms with E-state index >= 15 is 0 Å². The van der Waals surface area contributed by atoms with Gasteiger partial charge >= 0.3 is 12.7 Å².